The molecule has 0 aliphatic carbocycles. The molecule has 2 aliphatic heterocycles. The zero-order chi connectivity index (χ0) is 20.9. The molecule has 0 bridgehead atoms. The first-order chi connectivity index (χ1) is 14.0. The maximum Gasteiger partial charge on any atom is 0.228 e. The molecule has 3 N–H and O–H groups in total. The van der Waals surface area contributed by atoms with Crippen LogP contribution in [0.3, 0.4) is 0 Å². The van der Waals surface area contributed by atoms with E-state index in [2.05, 4.69) is 22.2 Å². The summed E-state index contributed by atoms with van der Waals surface area (Å²) in [6.07, 6.45) is 4.38. The lowest BCUT2D eigenvalue weighted by Crippen LogP contribution is -2.66. The lowest BCUT2D eigenvalue weighted by molar-refractivity contribution is -0.154. The molecule has 0 unspecified atom stereocenters. The van der Waals surface area contributed by atoms with Gasteiger partial charge in [0.2, 0.25) is 11.8 Å². The van der Waals surface area contributed by atoms with Gasteiger partial charge in [0.25, 0.3) is 0 Å². The van der Waals surface area contributed by atoms with Gasteiger partial charge in [0.15, 0.2) is 0 Å². The first-order valence-corrected chi connectivity index (χ1v) is 10.5. The summed E-state index contributed by atoms with van der Waals surface area (Å²) in [5, 5.41) is 3.09. The number of likely N-dealkylation sites (tertiary alicyclic amines) is 2. The van der Waals surface area contributed by atoms with Gasteiger partial charge in [0.05, 0.1) is 24.5 Å². The quantitative estimate of drug-likeness (QED) is 0.659. The van der Waals surface area contributed by atoms with Crippen molar-refractivity contribution >= 4 is 17.6 Å². The Morgan fingerprint density at radius 2 is 2.21 bits per heavy atom. The Morgan fingerprint density at radius 1 is 1.38 bits per heavy atom. The van der Waals surface area contributed by atoms with E-state index in [1.807, 2.05) is 24.0 Å². The number of likely N-dealkylation sites (N-methyl/N-ethyl adjacent to an activating group) is 1. The van der Waals surface area contributed by atoms with Gasteiger partial charge in [-0.25, -0.2) is 4.98 Å². The summed E-state index contributed by atoms with van der Waals surface area (Å²) < 4.78 is 5.37. The van der Waals surface area contributed by atoms with Gasteiger partial charge >= 0.3 is 0 Å². The van der Waals surface area contributed by atoms with E-state index in [0.717, 1.165) is 31.4 Å². The van der Waals surface area contributed by atoms with Crippen molar-refractivity contribution in [3.05, 3.63) is 23.9 Å². The maximum absolute atomic E-state index is 13.4. The highest BCUT2D eigenvalue weighted by molar-refractivity contribution is 5.86. The largest absolute Gasteiger partial charge is 0.383 e. The van der Waals surface area contributed by atoms with Gasteiger partial charge in [-0.3, -0.25) is 9.59 Å². The molecule has 2 amide bonds. The second-order valence-corrected chi connectivity index (χ2v) is 8.05. The Morgan fingerprint density at radius 3 is 2.97 bits per heavy atom. The molecule has 0 saturated carbocycles. The highest BCUT2D eigenvalue weighted by atomic mass is 16.5. The molecular weight excluding hydrogens is 370 g/mol. The van der Waals surface area contributed by atoms with Crippen LogP contribution in [0, 0.1) is 5.41 Å². The summed E-state index contributed by atoms with van der Waals surface area (Å²) in [6, 6.07) is 3.57. The van der Waals surface area contributed by atoms with Crippen LogP contribution in [0.25, 0.3) is 0 Å². The van der Waals surface area contributed by atoms with Crippen LogP contribution in [0.1, 0.15) is 38.2 Å². The number of aromatic nitrogens is 1. The zero-order valence-electron chi connectivity index (χ0n) is 17.5. The fourth-order valence-electron chi connectivity index (χ4n) is 4.60. The van der Waals surface area contributed by atoms with Crippen molar-refractivity contribution < 1.29 is 14.3 Å². The molecule has 29 heavy (non-hydrogen) atoms. The number of fused-ring (bicyclic) bond motifs is 1. The number of hydrogen-bond acceptors (Lipinski definition) is 6. The maximum atomic E-state index is 13.4. The fraction of sp³-hybridized carbons (Fsp3) is 0.667. The number of pyridine rings is 1. The Hall–Kier alpha value is -2.19. The SMILES string of the molecule is CCOCCC(=O)N1CCC[C@@]2(C(=O)NCc3cccnc3N)CCN(C)C[C@H]12. The van der Waals surface area contributed by atoms with E-state index in [-0.39, 0.29) is 17.9 Å². The number of anilines is 1. The second kappa shape index (κ2) is 9.54. The van der Waals surface area contributed by atoms with E-state index in [0.29, 0.717) is 45.1 Å². The minimum atomic E-state index is -0.553. The van der Waals surface area contributed by atoms with Gasteiger partial charge < -0.3 is 25.6 Å². The lowest BCUT2D eigenvalue weighted by atomic mass is 9.67. The molecule has 2 fully saturated rings. The van der Waals surface area contributed by atoms with Gasteiger partial charge in [-0.15, -0.1) is 0 Å². The summed E-state index contributed by atoms with van der Waals surface area (Å²) in [7, 11) is 2.05. The monoisotopic (exact) mass is 403 g/mol. The molecule has 2 aliphatic rings. The van der Waals surface area contributed by atoms with Crippen LogP contribution in [0.5, 0.6) is 0 Å². The second-order valence-electron chi connectivity index (χ2n) is 8.05. The van der Waals surface area contributed by atoms with Crippen molar-refractivity contribution in [2.45, 2.75) is 45.2 Å². The molecule has 2 atom stereocenters. The smallest absolute Gasteiger partial charge is 0.228 e. The van der Waals surface area contributed by atoms with E-state index in [4.69, 9.17) is 10.5 Å². The van der Waals surface area contributed by atoms with Crippen LogP contribution >= 0.6 is 0 Å². The fourth-order valence-corrected chi connectivity index (χ4v) is 4.60. The number of amides is 2. The van der Waals surface area contributed by atoms with Gasteiger partial charge in [0, 0.05) is 38.0 Å². The van der Waals surface area contributed by atoms with E-state index in [1.54, 1.807) is 6.20 Å². The molecule has 0 radical (unpaired) electrons. The summed E-state index contributed by atoms with van der Waals surface area (Å²) >= 11 is 0. The van der Waals surface area contributed by atoms with Crippen LogP contribution in [-0.2, 0) is 20.9 Å². The highest BCUT2D eigenvalue weighted by Crippen LogP contribution is 2.42. The molecule has 0 aromatic carbocycles. The Balaban J connectivity index is 1.75. The van der Waals surface area contributed by atoms with Crippen molar-refractivity contribution in [1.29, 1.82) is 0 Å². The summed E-state index contributed by atoms with van der Waals surface area (Å²) in [5.41, 5.74) is 6.17. The Bertz CT molecular complexity index is 728. The van der Waals surface area contributed by atoms with Gasteiger partial charge in [-0.1, -0.05) is 6.07 Å². The van der Waals surface area contributed by atoms with Crippen molar-refractivity contribution in [3.8, 4) is 0 Å². The van der Waals surface area contributed by atoms with Crippen LogP contribution in [0.2, 0.25) is 0 Å². The number of hydrogen-bond donors (Lipinski definition) is 2. The van der Waals surface area contributed by atoms with E-state index < -0.39 is 5.41 Å². The first-order valence-electron chi connectivity index (χ1n) is 10.5. The van der Waals surface area contributed by atoms with Crippen LogP contribution in [0.4, 0.5) is 5.82 Å². The first kappa shape index (κ1) is 21.5. The normalized spacial score (nSPS) is 24.8. The third kappa shape index (κ3) is 4.70. The van der Waals surface area contributed by atoms with Crippen LogP contribution in [0.15, 0.2) is 18.3 Å². The third-order valence-electron chi connectivity index (χ3n) is 6.26. The molecule has 3 heterocycles. The van der Waals surface area contributed by atoms with Crippen LogP contribution < -0.4 is 11.1 Å². The molecule has 3 rings (SSSR count). The Kier molecular flexibility index (Phi) is 7.08. The molecule has 2 saturated heterocycles. The summed E-state index contributed by atoms with van der Waals surface area (Å²) in [4.78, 5) is 34.5. The minimum Gasteiger partial charge on any atom is -0.383 e. The topological polar surface area (TPSA) is 101 Å². The number of carbonyl (C=O) groups is 2. The standard InChI is InChI=1S/C21H33N5O3/c1-3-29-13-7-18(27)26-11-5-8-21(9-12-25(2)15-17(21)26)20(28)24-14-16-6-4-10-23-19(16)22/h4,6,10,17H,3,5,7-9,11-15H2,1-2H3,(H2,22,23)(H,24,28)/t17-,21+/m0/s1. The lowest BCUT2D eigenvalue weighted by Gasteiger charge is -2.53. The number of rotatable bonds is 7. The summed E-state index contributed by atoms with van der Waals surface area (Å²) in [6.45, 7) is 5.56. The van der Waals surface area contributed by atoms with Crippen LogP contribution in [-0.4, -0.2) is 72.5 Å². The minimum absolute atomic E-state index is 0.0150. The average Bonchev–Trinajstić information content (AvgIpc) is 2.72. The third-order valence-corrected chi connectivity index (χ3v) is 6.26. The predicted molar refractivity (Wildman–Crippen MR) is 111 cm³/mol. The van der Waals surface area contributed by atoms with E-state index in [1.165, 1.54) is 0 Å². The number of carbonyl (C=O) groups excluding carboxylic acids is 2. The summed E-state index contributed by atoms with van der Waals surface area (Å²) in [5.74, 6) is 0.523. The molecule has 8 heteroatoms. The molecule has 1 aromatic heterocycles. The van der Waals surface area contributed by atoms with Gasteiger partial charge in [0.1, 0.15) is 5.82 Å². The number of piperidine rings is 2. The van der Waals surface area contributed by atoms with Crippen molar-refractivity contribution in [2.24, 2.45) is 5.41 Å². The number of nitrogens with zero attached hydrogens (tertiary/aromatic N) is 3. The number of ether oxygens (including phenoxy) is 1. The molecule has 8 nitrogen and oxygen atoms in total. The van der Waals surface area contributed by atoms with E-state index >= 15 is 0 Å². The van der Waals surface area contributed by atoms with Gasteiger partial charge in [-0.05, 0) is 45.8 Å². The highest BCUT2D eigenvalue weighted by Gasteiger charge is 2.53. The molecule has 160 valence electrons. The molecule has 1 aromatic rings. The number of nitrogens with two attached hydrogens (primary N) is 1. The van der Waals surface area contributed by atoms with Crippen molar-refractivity contribution in [3.63, 3.8) is 0 Å². The number of nitrogen functional groups attached to an aromatic ring is 1. The predicted octanol–water partition coefficient (Wildman–Crippen LogP) is 1.02. The molecular formula is C21H33N5O3. The average molecular weight is 404 g/mol. The van der Waals surface area contributed by atoms with Crippen molar-refractivity contribution in [2.75, 3.05) is 45.6 Å². The molecule has 0 spiro atoms. The number of nitrogens with one attached hydrogen (secondary N) is 1. The van der Waals surface area contributed by atoms with Gasteiger partial charge in [-0.2, -0.15) is 0 Å². The van der Waals surface area contributed by atoms with E-state index in [9.17, 15) is 9.59 Å². The zero-order valence-corrected chi connectivity index (χ0v) is 17.5. The van der Waals surface area contributed by atoms with Crippen molar-refractivity contribution in [1.82, 2.24) is 20.1 Å². The Labute approximate surface area is 172 Å².